The Hall–Kier alpha value is -3.32. The second-order valence-electron chi connectivity index (χ2n) is 8.19. The Kier molecular flexibility index (Phi) is 7.29. The minimum atomic E-state index is -0.555. The van der Waals surface area contributed by atoms with E-state index in [0.29, 0.717) is 24.4 Å². The third-order valence-electron chi connectivity index (χ3n) is 6.08. The number of ether oxygens (including phenoxy) is 2. The summed E-state index contributed by atoms with van der Waals surface area (Å²) in [5, 5.41) is 5.79. The highest BCUT2D eigenvalue weighted by molar-refractivity contribution is 5.95. The molecule has 0 saturated carbocycles. The summed E-state index contributed by atoms with van der Waals surface area (Å²) in [4.78, 5) is 27.9. The van der Waals surface area contributed by atoms with E-state index in [0.717, 1.165) is 30.7 Å². The number of amides is 2. The number of rotatable bonds is 8. The maximum Gasteiger partial charge on any atom is 0.338 e. The number of carbonyl (C=O) groups excluding carboxylic acids is 2. The van der Waals surface area contributed by atoms with Gasteiger partial charge in [0.2, 0.25) is 0 Å². The first kappa shape index (κ1) is 22.9. The van der Waals surface area contributed by atoms with Gasteiger partial charge in [-0.2, -0.15) is 0 Å². The first-order chi connectivity index (χ1) is 16.1. The van der Waals surface area contributed by atoms with Gasteiger partial charge in [0.25, 0.3) is 0 Å². The Labute approximate surface area is 194 Å². The van der Waals surface area contributed by atoms with E-state index < -0.39 is 12.0 Å². The zero-order chi connectivity index (χ0) is 23.2. The second-order valence-corrected chi connectivity index (χ2v) is 8.19. The Balaban J connectivity index is 1.64. The van der Waals surface area contributed by atoms with Crippen LogP contribution in [0.25, 0.3) is 0 Å². The topological polar surface area (TPSA) is 79.9 Å². The normalized spacial score (nSPS) is 20.8. The molecule has 0 aromatic heterocycles. The van der Waals surface area contributed by atoms with E-state index in [4.69, 9.17) is 9.47 Å². The van der Waals surface area contributed by atoms with Gasteiger partial charge in [0, 0.05) is 18.3 Å². The Bertz CT molecular complexity index is 1000. The van der Waals surface area contributed by atoms with E-state index in [-0.39, 0.29) is 18.7 Å². The molecule has 2 amide bonds. The highest BCUT2D eigenvalue weighted by Gasteiger charge is 2.36. The molecule has 33 heavy (non-hydrogen) atoms. The molecule has 0 radical (unpaired) electrons. The van der Waals surface area contributed by atoms with Crippen molar-refractivity contribution < 1.29 is 19.1 Å². The standard InChI is InChI=1S/C26H31N3O4/c1-3-32-20-14-12-18(13-15-20)22-11-8-16-29(22)17-21-23(25(30)33-4-2)24(28-26(31)27-21)19-9-6-5-7-10-19/h5-7,9-10,12-15,22,24H,3-4,8,11,16-17H2,1-2H3,(H2,27,28,31). The monoisotopic (exact) mass is 449 g/mol. The van der Waals surface area contributed by atoms with E-state index >= 15 is 0 Å². The molecule has 1 fully saturated rings. The molecule has 2 aromatic carbocycles. The van der Waals surface area contributed by atoms with Crippen LogP contribution in [0, 0.1) is 0 Å². The molecule has 2 unspecified atom stereocenters. The van der Waals surface area contributed by atoms with Crippen molar-refractivity contribution >= 4 is 12.0 Å². The molecule has 2 atom stereocenters. The van der Waals surface area contributed by atoms with Crippen molar-refractivity contribution in [2.24, 2.45) is 0 Å². The van der Waals surface area contributed by atoms with E-state index in [1.54, 1.807) is 6.92 Å². The predicted octanol–water partition coefficient (Wildman–Crippen LogP) is 4.09. The molecule has 7 heteroatoms. The zero-order valence-electron chi connectivity index (χ0n) is 19.2. The summed E-state index contributed by atoms with van der Waals surface area (Å²) < 4.78 is 11.0. The summed E-state index contributed by atoms with van der Waals surface area (Å²) in [5.41, 5.74) is 3.11. The highest BCUT2D eigenvalue weighted by atomic mass is 16.5. The fraction of sp³-hybridized carbons (Fsp3) is 0.385. The molecule has 174 valence electrons. The van der Waals surface area contributed by atoms with E-state index in [9.17, 15) is 9.59 Å². The number of urea groups is 1. The lowest BCUT2D eigenvalue weighted by Gasteiger charge is -2.33. The van der Waals surface area contributed by atoms with Crippen LogP contribution < -0.4 is 15.4 Å². The van der Waals surface area contributed by atoms with Crippen LogP contribution in [-0.4, -0.2) is 43.2 Å². The molecular weight excluding hydrogens is 418 g/mol. The van der Waals surface area contributed by atoms with E-state index in [1.165, 1.54) is 5.56 Å². The number of esters is 1. The van der Waals surface area contributed by atoms with Crippen LogP contribution in [0.5, 0.6) is 5.75 Å². The van der Waals surface area contributed by atoms with Crippen molar-refractivity contribution in [3.8, 4) is 5.75 Å². The fourth-order valence-electron chi connectivity index (χ4n) is 4.64. The summed E-state index contributed by atoms with van der Waals surface area (Å²) in [6.07, 6.45) is 2.07. The van der Waals surface area contributed by atoms with Crippen LogP contribution in [-0.2, 0) is 9.53 Å². The smallest absolute Gasteiger partial charge is 0.338 e. The van der Waals surface area contributed by atoms with Gasteiger partial charge in [-0.25, -0.2) is 9.59 Å². The second kappa shape index (κ2) is 10.5. The van der Waals surface area contributed by atoms with Gasteiger partial charge in [-0.1, -0.05) is 42.5 Å². The summed E-state index contributed by atoms with van der Waals surface area (Å²) in [7, 11) is 0. The van der Waals surface area contributed by atoms with E-state index in [2.05, 4.69) is 27.7 Å². The fourth-order valence-corrected chi connectivity index (χ4v) is 4.64. The molecular formula is C26H31N3O4. The Morgan fingerprint density at radius 2 is 1.79 bits per heavy atom. The van der Waals surface area contributed by atoms with Crippen LogP contribution in [0.3, 0.4) is 0 Å². The van der Waals surface area contributed by atoms with Crippen molar-refractivity contribution in [3.63, 3.8) is 0 Å². The van der Waals surface area contributed by atoms with Gasteiger partial charge in [0.05, 0.1) is 24.8 Å². The molecule has 2 aliphatic rings. The van der Waals surface area contributed by atoms with Gasteiger partial charge in [0.1, 0.15) is 5.75 Å². The van der Waals surface area contributed by atoms with Gasteiger partial charge < -0.3 is 20.1 Å². The average Bonchev–Trinajstić information content (AvgIpc) is 3.28. The lowest BCUT2D eigenvalue weighted by Crippen LogP contribution is -2.48. The largest absolute Gasteiger partial charge is 0.494 e. The number of benzene rings is 2. The quantitative estimate of drug-likeness (QED) is 0.594. The van der Waals surface area contributed by atoms with Crippen molar-refractivity contribution in [3.05, 3.63) is 77.0 Å². The first-order valence-electron chi connectivity index (χ1n) is 11.6. The first-order valence-corrected chi connectivity index (χ1v) is 11.6. The lowest BCUT2D eigenvalue weighted by atomic mass is 9.94. The van der Waals surface area contributed by atoms with Gasteiger partial charge in [-0.15, -0.1) is 0 Å². The Morgan fingerprint density at radius 3 is 2.48 bits per heavy atom. The number of nitrogens with one attached hydrogen (secondary N) is 2. The zero-order valence-corrected chi connectivity index (χ0v) is 19.2. The molecule has 0 aliphatic carbocycles. The number of hydrogen-bond acceptors (Lipinski definition) is 5. The maximum atomic E-state index is 13.0. The molecule has 0 bridgehead atoms. The van der Waals surface area contributed by atoms with Gasteiger partial charge in [-0.05, 0) is 56.5 Å². The summed E-state index contributed by atoms with van der Waals surface area (Å²) in [5.74, 6) is 0.445. The number of hydrogen-bond donors (Lipinski definition) is 2. The highest BCUT2D eigenvalue weighted by Crippen LogP contribution is 2.35. The molecule has 4 rings (SSSR count). The SMILES string of the molecule is CCOC(=O)C1=C(CN2CCCC2c2ccc(OCC)cc2)NC(=O)NC1c1ccccc1. The third-order valence-corrected chi connectivity index (χ3v) is 6.08. The van der Waals surface area contributed by atoms with Gasteiger partial charge in [0.15, 0.2) is 0 Å². The predicted molar refractivity (Wildman–Crippen MR) is 126 cm³/mol. The van der Waals surface area contributed by atoms with Gasteiger partial charge in [-0.3, -0.25) is 4.90 Å². The van der Waals surface area contributed by atoms with Crippen molar-refractivity contribution in [1.82, 2.24) is 15.5 Å². The molecule has 1 saturated heterocycles. The number of likely N-dealkylation sites (tertiary alicyclic amines) is 1. The molecule has 2 aromatic rings. The van der Waals surface area contributed by atoms with Crippen LogP contribution in [0.1, 0.15) is 49.9 Å². The maximum absolute atomic E-state index is 13.0. The summed E-state index contributed by atoms with van der Waals surface area (Å²) in [6.45, 7) is 6.00. The van der Waals surface area contributed by atoms with E-state index in [1.807, 2.05) is 49.4 Å². The third kappa shape index (κ3) is 5.20. The minimum Gasteiger partial charge on any atom is -0.494 e. The molecule has 7 nitrogen and oxygen atoms in total. The number of carbonyl (C=O) groups is 2. The Morgan fingerprint density at radius 1 is 1.03 bits per heavy atom. The van der Waals surface area contributed by atoms with Crippen LogP contribution in [0.15, 0.2) is 65.9 Å². The van der Waals surface area contributed by atoms with Crippen LogP contribution >= 0.6 is 0 Å². The molecule has 2 heterocycles. The van der Waals surface area contributed by atoms with Crippen LogP contribution in [0.4, 0.5) is 4.79 Å². The summed E-state index contributed by atoms with van der Waals surface area (Å²) >= 11 is 0. The number of nitrogens with zero attached hydrogens (tertiary/aromatic N) is 1. The van der Waals surface area contributed by atoms with Crippen LogP contribution in [0.2, 0.25) is 0 Å². The molecule has 2 N–H and O–H groups in total. The van der Waals surface area contributed by atoms with Crippen molar-refractivity contribution in [2.45, 2.75) is 38.8 Å². The lowest BCUT2D eigenvalue weighted by molar-refractivity contribution is -0.139. The van der Waals surface area contributed by atoms with Crippen molar-refractivity contribution in [2.75, 3.05) is 26.3 Å². The molecule has 0 spiro atoms. The summed E-state index contributed by atoms with van der Waals surface area (Å²) in [6, 6.07) is 17.0. The minimum absolute atomic E-state index is 0.207. The van der Waals surface area contributed by atoms with Gasteiger partial charge >= 0.3 is 12.0 Å². The molecule has 2 aliphatic heterocycles. The van der Waals surface area contributed by atoms with Crippen molar-refractivity contribution in [1.29, 1.82) is 0 Å². The average molecular weight is 450 g/mol.